The molecule has 6 unspecified atom stereocenters. The Morgan fingerprint density at radius 3 is 2.18 bits per heavy atom. The maximum Gasteiger partial charge on any atom is 0.255 e. The molecule has 0 radical (unpaired) electrons. The minimum Gasteiger partial charge on any atom is -0.508 e. The molecule has 0 saturated heterocycles. The van der Waals surface area contributed by atoms with Gasteiger partial charge in [0.05, 0.1) is 35.4 Å². The number of amides is 2. The molecule has 13 nitrogen and oxygen atoms in total. The number of phenols is 1. The predicted molar refractivity (Wildman–Crippen MR) is 156 cm³/mol. The monoisotopic (exact) mass is 610 g/mol. The Morgan fingerprint density at radius 2 is 1.66 bits per heavy atom. The van der Waals surface area contributed by atoms with E-state index in [-0.39, 0.29) is 17.2 Å². The smallest absolute Gasteiger partial charge is 0.255 e. The van der Waals surface area contributed by atoms with E-state index in [2.05, 4.69) is 10.2 Å². The van der Waals surface area contributed by atoms with Gasteiger partial charge in [0.1, 0.15) is 22.8 Å². The van der Waals surface area contributed by atoms with Crippen LogP contribution in [0.5, 0.6) is 5.75 Å². The molecule has 0 heterocycles. The van der Waals surface area contributed by atoms with Crippen LogP contribution in [-0.2, 0) is 19.2 Å². The minimum absolute atomic E-state index is 0.0000293. The van der Waals surface area contributed by atoms with Crippen molar-refractivity contribution < 1.29 is 44.7 Å². The largest absolute Gasteiger partial charge is 0.508 e. The van der Waals surface area contributed by atoms with Gasteiger partial charge < -0.3 is 36.6 Å². The lowest BCUT2D eigenvalue weighted by Gasteiger charge is -2.53. The Morgan fingerprint density at radius 1 is 1.07 bits per heavy atom. The van der Waals surface area contributed by atoms with Crippen LogP contribution in [-0.4, -0.2) is 109 Å². The van der Waals surface area contributed by atoms with Gasteiger partial charge in [-0.25, -0.2) is 0 Å². The molecule has 0 aliphatic heterocycles. The summed E-state index contributed by atoms with van der Waals surface area (Å²) < 4.78 is 0. The maximum atomic E-state index is 14.1. The number of anilines is 1. The second-order valence-corrected chi connectivity index (χ2v) is 13.0. The molecule has 0 bridgehead atoms. The first-order chi connectivity index (χ1) is 20.6. The topological polar surface area (TPSA) is 214 Å². The van der Waals surface area contributed by atoms with Crippen molar-refractivity contribution in [1.82, 2.24) is 9.80 Å². The molecule has 5 aliphatic rings. The van der Waals surface area contributed by atoms with Gasteiger partial charge in [-0.1, -0.05) is 13.0 Å². The van der Waals surface area contributed by atoms with Crippen molar-refractivity contribution in [2.45, 2.75) is 81.3 Å². The van der Waals surface area contributed by atoms with Crippen molar-refractivity contribution in [3.8, 4) is 5.75 Å². The van der Waals surface area contributed by atoms with Gasteiger partial charge in [-0.2, -0.15) is 0 Å². The number of rotatable bonds is 7. The predicted octanol–water partition coefficient (Wildman–Crippen LogP) is 0.450. The molecular weight excluding hydrogens is 572 g/mol. The van der Waals surface area contributed by atoms with Crippen LogP contribution >= 0.6 is 0 Å². The highest BCUT2D eigenvalue weighted by molar-refractivity contribution is 6.24. The number of Topliss-reactive ketones (excluding diaryl/α,β-unsaturated/α-hetero) is 2. The molecule has 13 heteroatoms. The normalized spacial score (nSPS) is 32.4. The molecule has 7 atom stereocenters. The molecule has 0 spiro atoms. The maximum absolute atomic E-state index is 14.1. The number of aliphatic hydroxyl groups is 4. The molecule has 8 N–H and O–H groups in total. The van der Waals surface area contributed by atoms with E-state index >= 15 is 0 Å². The Kier molecular flexibility index (Phi) is 6.96. The van der Waals surface area contributed by atoms with E-state index in [4.69, 9.17) is 5.73 Å². The van der Waals surface area contributed by atoms with Gasteiger partial charge >= 0.3 is 0 Å². The van der Waals surface area contributed by atoms with E-state index in [0.717, 1.165) is 25.7 Å². The van der Waals surface area contributed by atoms with Crippen molar-refractivity contribution in [2.75, 3.05) is 19.4 Å². The summed E-state index contributed by atoms with van der Waals surface area (Å²) >= 11 is 0. The number of nitrogens with one attached hydrogen (secondary N) is 1. The van der Waals surface area contributed by atoms with Gasteiger partial charge in [-0.15, -0.1) is 0 Å². The SMILES string of the molecule is CC1c2ccc(NC(=O)C(C)N(C3CC3)C3CC3)c(O)c2C(O)=C2C(=O)C3(O)C(O)=C(C(N)=O)C(=O)[C@@H](N(C)C)C3C(O)C21. The minimum atomic E-state index is -2.99. The standard InChI is InChI=1S/C31H38N4O9/c1-11-15-9-10-16(33-30(43)12(2)35(13-5-6-13)14-7-8-14)23(36)18(15)24(37)19-17(11)25(38)21-22(34(3)4)26(39)20(29(32)42)28(41)31(21,44)27(19)40/h9-14,17,21-22,25,36-38,41,44H,5-8H2,1-4H3,(H2,32,42)(H,33,43)/t11?,12?,17?,21?,22-,25?,31?/m0/s1. The number of nitrogens with two attached hydrogens (primary N) is 1. The fourth-order valence-electron chi connectivity index (χ4n) is 7.77. The van der Waals surface area contributed by atoms with Gasteiger partial charge in [0.25, 0.3) is 5.91 Å². The van der Waals surface area contributed by atoms with Gasteiger partial charge in [-0.3, -0.25) is 29.0 Å². The van der Waals surface area contributed by atoms with Crippen LogP contribution in [0.15, 0.2) is 29.0 Å². The molecular formula is C31H38N4O9. The first-order valence-corrected chi connectivity index (χ1v) is 14.9. The van der Waals surface area contributed by atoms with E-state index in [0.29, 0.717) is 17.6 Å². The van der Waals surface area contributed by atoms with Gasteiger partial charge in [-0.05, 0) is 64.3 Å². The Bertz CT molecular complexity index is 1550. The van der Waals surface area contributed by atoms with Crippen LogP contribution < -0.4 is 11.1 Å². The number of aromatic hydroxyl groups is 1. The van der Waals surface area contributed by atoms with Crippen LogP contribution in [0.3, 0.4) is 0 Å². The molecule has 5 aliphatic carbocycles. The molecule has 44 heavy (non-hydrogen) atoms. The summed E-state index contributed by atoms with van der Waals surface area (Å²) in [6.45, 7) is 3.46. The molecule has 3 saturated carbocycles. The van der Waals surface area contributed by atoms with E-state index in [1.807, 2.05) is 6.92 Å². The summed E-state index contributed by atoms with van der Waals surface area (Å²) in [7, 11) is 2.90. The molecule has 0 aromatic heterocycles. The number of primary amides is 1. The quantitative estimate of drug-likeness (QED) is 0.166. The number of phenolic OH excluding ortho intramolecular Hbond substituents is 1. The van der Waals surface area contributed by atoms with Crippen LogP contribution in [0, 0.1) is 11.8 Å². The van der Waals surface area contributed by atoms with Crippen molar-refractivity contribution in [1.29, 1.82) is 0 Å². The zero-order valence-corrected chi connectivity index (χ0v) is 24.9. The van der Waals surface area contributed by atoms with Crippen LogP contribution in [0.1, 0.15) is 56.6 Å². The molecule has 3 fully saturated rings. The van der Waals surface area contributed by atoms with Crippen molar-refractivity contribution in [3.05, 3.63) is 40.2 Å². The van der Waals surface area contributed by atoms with E-state index in [1.54, 1.807) is 13.0 Å². The molecule has 6 rings (SSSR count). The second kappa shape index (κ2) is 10.1. The zero-order valence-electron chi connectivity index (χ0n) is 24.9. The number of carbonyl (C=O) groups is 4. The lowest BCUT2D eigenvalue weighted by Crippen LogP contribution is -2.70. The van der Waals surface area contributed by atoms with Crippen LogP contribution in [0.4, 0.5) is 5.69 Å². The second-order valence-electron chi connectivity index (χ2n) is 13.0. The molecule has 1 aromatic carbocycles. The van der Waals surface area contributed by atoms with Gasteiger partial charge in [0.15, 0.2) is 11.4 Å². The molecule has 1 aromatic rings. The highest BCUT2D eigenvalue weighted by Crippen LogP contribution is 2.56. The van der Waals surface area contributed by atoms with Crippen molar-refractivity contribution >= 4 is 34.8 Å². The first kappa shape index (κ1) is 30.3. The number of likely N-dealkylation sites (N-methyl/N-ethyl adjacent to an activating group) is 1. The molecule has 236 valence electrons. The Hall–Kier alpha value is -3.78. The summed E-state index contributed by atoms with van der Waals surface area (Å²) in [5.41, 5.74) is 1.09. The number of hydrogen-bond donors (Lipinski definition) is 7. The lowest BCUT2D eigenvalue weighted by molar-refractivity contribution is -0.169. The van der Waals surface area contributed by atoms with E-state index in [9.17, 15) is 44.7 Å². The highest BCUT2D eigenvalue weighted by Gasteiger charge is 2.68. The lowest BCUT2D eigenvalue weighted by atomic mass is 9.54. The number of benzene rings is 1. The third-order valence-electron chi connectivity index (χ3n) is 10.2. The summed E-state index contributed by atoms with van der Waals surface area (Å²) in [5.74, 6) is -10.0. The number of aliphatic hydroxyl groups excluding tert-OH is 3. The number of ketones is 2. The van der Waals surface area contributed by atoms with Crippen LogP contribution in [0.25, 0.3) is 5.76 Å². The third-order valence-corrected chi connectivity index (χ3v) is 10.2. The van der Waals surface area contributed by atoms with E-state index < -0.39 is 87.4 Å². The average molecular weight is 611 g/mol. The zero-order chi connectivity index (χ0) is 32.2. The summed E-state index contributed by atoms with van der Waals surface area (Å²) in [6, 6.07) is 1.88. The number of carbonyl (C=O) groups excluding carboxylic acids is 4. The number of hydrogen-bond acceptors (Lipinski definition) is 11. The molecule has 2 amide bonds. The van der Waals surface area contributed by atoms with Crippen LogP contribution in [0.2, 0.25) is 0 Å². The Labute approximate surface area is 253 Å². The first-order valence-electron chi connectivity index (χ1n) is 14.9. The van der Waals surface area contributed by atoms with Crippen molar-refractivity contribution in [3.63, 3.8) is 0 Å². The fourth-order valence-corrected chi connectivity index (χ4v) is 7.77. The average Bonchev–Trinajstić information content (AvgIpc) is 3.88. The van der Waals surface area contributed by atoms with E-state index in [1.165, 1.54) is 25.1 Å². The number of nitrogens with zero attached hydrogens (tertiary/aromatic N) is 2. The fraction of sp³-hybridized carbons (Fsp3) is 0.548. The Balaban J connectivity index is 1.44. The van der Waals surface area contributed by atoms with Crippen molar-refractivity contribution in [2.24, 2.45) is 17.6 Å². The highest BCUT2D eigenvalue weighted by atomic mass is 16.4. The summed E-state index contributed by atoms with van der Waals surface area (Å²) in [4.78, 5) is 56.4. The number of fused-ring (bicyclic) bond motifs is 3. The van der Waals surface area contributed by atoms with Gasteiger partial charge in [0, 0.05) is 23.6 Å². The summed E-state index contributed by atoms with van der Waals surface area (Å²) in [6.07, 6.45) is 2.44. The van der Waals surface area contributed by atoms with Gasteiger partial charge in [0.2, 0.25) is 11.7 Å². The summed E-state index contributed by atoms with van der Waals surface area (Å²) in [5, 5.41) is 60.2. The third kappa shape index (κ3) is 4.13.